The van der Waals surface area contributed by atoms with Gasteiger partial charge in [0.1, 0.15) is 0 Å². The van der Waals surface area contributed by atoms with Gasteiger partial charge in [0, 0.05) is 23.4 Å². The number of anilines is 1. The average molecular weight is 424 g/mol. The predicted molar refractivity (Wildman–Crippen MR) is 119 cm³/mol. The summed E-state index contributed by atoms with van der Waals surface area (Å²) in [6, 6.07) is 8.44. The number of aryl methyl sites for hydroxylation is 1. The highest BCUT2D eigenvalue weighted by Crippen LogP contribution is 2.62. The van der Waals surface area contributed by atoms with E-state index in [1.807, 2.05) is 5.38 Å². The monoisotopic (exact) mass is 423 g/mol. The summed E-state index contributed by atoms with van der Waals surface area (Å²) in [4.78, 5) is 30.0. The number of hydrogen-bond donors (Lipinski definition) is 2. The topological polar surface area (TPSA) is 71.1 Å². The summed E-state index contributed by atoms with van der Waals surface area (Å²) >= 11 is 1.48. The van der Waals surface area contributed by atoms with Gasteiger partial charge in [0.25, 0.3) is 0 Å². The van der Waals surface area contributed by atoms with Gasteiger partial charge in [0.05, 0.1) is 11.1 Å². The number of carbonyl (C=O) groups is 2. The third-order valence-corrected chi connectivity index (χ3v) is 8.12. The van der Waals surface area contributed by atoms with E-state index in [0.717, 1.165) is 49.8 Å². The van der Waals surface area contributed by atoms with Gasteiger partial charge in [-0.3, -0.25) is 9.59 Å². The fraction of sp³-hybridized carbons (Fsp3) is 0.542. The normalized spacial score (nSPS) is 31.5. The summed E-state index contributed by atoms with van der Waals surface area (Å²) in [7, 11) is 0. The van der Waals surface area contributed by atoms with E-state index >= 15 is 0 Å². The molecule has 1 aromatic carbocycles. The number of carbonyl (C=O) groups excluding carboxylic acids is 2. The van der Waals surface area contributed by atoms with Crippen LogP contribution in [-0.2, 0) is 16.0 Å². The molecule has 4 fully saturated rings. The first kappa shape index (κ1) is 19.7. The molecule has 6 heteroatoms. The Balaban J connectivity index is 1.34. The molecule has 2 N–H and O–H groups in total. The minimum Gasteiger partial charge on any atom is -0.351 e. The van der Waals surface area contributed by atoms with Gasteiger partial charge < -0.3 is 10.6 Å². The molecule has 4 aliphatic rings. The molecule has 0 spiro atoms. The van der Waals surface area contributed by atoms with Crippen LogP contribution in [0.2, 0.25) is 0 Å². The smallest absolute Gasteiger partial charge is 0.232 e. The zero-order chi connectivity index (χ0) is 20.9. The number of nitrogens with zero attached hydrogens (tertiary/aromatic N) is 1. The van der Waals surface area contributed by atoms with E-state index in [-0.39, 0.29) is 22.8 Å². The number of hydrogen-bond acceptors (Lipinski definition) is 4. The van der Waals surface area contributed by atoms with Gasteiger partial charge in [-0.05, 0) is 62.3 Å². The van der Waals surface area contributed by atoms with Crippen molar-refractivity contribution in [2.45, 2.75) is 64.3 Å². The zero-order valence-electron chi connectivity index (χ0n) is 17.7. The van der Waals surface area contributed by atoms with Crippen molar-refractivity contribution in [3.63, 3.8) is 0 Å². The molecule has 2 aromatic rings. The third-order valence-electron chi connectivity index (χ3n) is 7.37. The molecule has 4 saturated carbocycles. The summed E-state index contributed by atoms with van der Waals surface area (Å²) in [6.45, 7) is 3.74. The maximum atomic E-state index is 13.5. The van der Waals surface area contributed by atoms with E-state index in [9.17, 15) is 9.59 Å². The fourth-order valence-corrected chi connectivity index (χ4v) is 7.37. The summed E-state index contributed by atoms with van der Waals surface area (Å²) in [5, 5.41) is 9.05. The summed E-state index contributed by atoms with van der Waals surface area (Å²) in [5.74, 6) is 1.18. The lowest BCUT2D eigenvalue weighted by Gasteiger charge is -2.61. The molecule has 158 valence electrons. The van der Waals surface area contributed by atoms with Gasteiger partial charge in [-0.25, -0.2) is 4.98 Å². The van der Waals surface area contributed by atoms with Crippen LogP contribution < -0.4 is 10.6 Å². The van der Waals surface area contributed by atoms with Gasteiger partial charge in [-0.15, -0.1) is 11.3 Å². The van der Waals surface area contributed by atoms with Gasteiger partial charge in [-0.2, -0.15) is 0 Å². The van der Waals surface area contributed by atoms with Crippen LogP contribution in [0.1, 0.15) is 57.9 Å². The van der Waals surface area contributed by atoms with Crippen LogP contribution in [-0.4, -0.2) is 22.3 Å². The van der Waals surface area contributed by atoms with Crippen LogP contribution in [0.5, 0.6) is 0 Å². The summed E-state index contributed by atoms with van der Waals surface area (Å²) < 4.78 is 0. The number of nitrogens with one attached hydrogen (secondary N) is 2. The highest BCUT2D eigenvalue weighted by Gasteiger charge is 2.60. The molecule has 1 aromatic heterocycles. The van der Waals surface area contributed by atoms with Crippen LogP contribution in [0.4, 0.5) is 5.13 Å². The number of amides is 2. The Bertz CT molecular complexity index is 967. The standard InChI is InChI=1S/C24H29N3O2S/c1-3-16-4-6-19(7-5-16)20-13-30-22(25-20)26-21(29)23-9-17-8-18(10-23)12-24(11-17,14-23)27-15(2)28/h4-7,13,17-18H,3,8-12,14H2,1-2H3,(H,27,28)(H,25,26,29)/t17-,18+,23?,24?. The number of benzene rings is 1. The minimum atomic E-state index is -0.374. The molecular weight excluding hydrogens is 394 g/mol. The first-order chi connectivity index (χ1) is 14.4. The first-order valence-corrected chi connectivity index (χ1v) is 11.9. The SMILES string of the molecule is CCc1ccc(-c2csc(NC(=O)C34C[C@@H]5C[C@@H](CC(NC(C)=O)(C5)C3)C4)n2)cc1. The quantitative estimate of drug-likeness (QED) is 0.727. The number of rotatable bonds is 5. The van der Waals surface area contributed by atoms with Crippen molar-refractivity contribution >= 4 is 28.3 Å². The van der Waals surface area contributed by atoms with Crippen molar-refractivity contribution in [3.05, 3.63) is 35.2 Å². The molecule has 0 aliphatic heterocycles. The van der Waals surface area contributed by atoms with E-state index in [0.29, 0.717) is 17.0 Å². The summed E-state index contributed by atoms with van der Waals surface area (Å²) in [5.41, 5.74) is 2.71. The molecule has 5 nitrogen and oxygen atoms in total. The van der Waals surface area contributed by atoms with Crippen molar-refractivity contribution in [1.29, 1.82) is 0 Å². The van der Waals surface area contributed by atoms with E-state index in [1.165, 1.54) is 23.3 Å². The molecule has 1 heterocycles. The number of thiazole rings is 1. The summed E-state index contributed by atoms with van der Waals surface area (Å²) in [6.07, 6.45) is 6.89. The van der Waals surface area contributed by atoms with Crippen molar-refractivity contribution in [1.82, 2.24) is 10.3 Å². The Hall–Kier alpha value is -2.21. The predicted octanol–water partition coefficient (Wildman–Crippen LogP) is 4.79. The highest BCUT2D eigenvalue weighted by molar-refractivity contribution is 7.14. The van der Waals surface area contributed by atoms with Crippen LogP contribution in [0.3, 0.4) is 0 Å². The molecule has 4 atom stereocenters. The Morgan fingerprint density at radius 2 is 1.83 bits per heavy atom. The Morgan fingerprint density at radius 3 is 2.47 bits per heavy atom. The maximum absolute atomic E-state index is 13.5. The first-order valence-electron chi connectivity index (χ1n) is 11.0. The zero-order valence-corrected chi connectivity index (χ0v) is 18.5. The van der Waals surface area contributed by atoms with Gasteiger partial charge in [0.2, 0.25) is 11.8 Å². The van der Waals surface area contributed by atoms with Crippen LogP contribution in [0.25, 0.3) is 11.3 Å². The van der Waals surface area contributed by atoms with Crippen molar-refractivity contribution in [3.8, 4) is 11.3 Å². The van der Waals surface area contributed by atoms with Crippen LogP contribution in [0.15, 0.2) is 29.6 Å². The molecule has 4 bridgehead atoms. The maximum Gasteiger partial charge on any atom is 0.232 e. The third kappa shape index (κ3) is 3.45. The number of aromatic nitrogens is 1. The molecule has 0 radical (unpaired) electrons. The van der Waals surface area contributed by atoms with Crippen molar-refractivity contribution in [2.75, 3.05) is 5.32 Å². The second kappa shape index (κ2) is 7.19. The second-order valence-corrected chi connectivity index (χ2v) is 10.6. The lowest BCUT2D eigenvalue weighted by atomic mass is 9.46. The fourth-order valence-electron chi connectivity index (χ4n) is 6.65. The molecule has 0 saturated heterocycles. The largest absolute Gasteiger partial charge is 0.351 e. The van der Waals surface area contributed by atoms with Crippen molar-refractivity contribution < 1.29 is 9.59 Å². The molecule has 4 aliphatic carbocycles. The van der Waals surface area contributed by atoms with E-state index in [4.69, 9.17) is 0 Å². The second-order valence-electron chi connectivity index (χ2n) is 9.75. The molecule has 2 amide bonds. The van der Waals surface area contributed by atoms with E-state index in [1.54, 1.807) is 6.92 Å². The Labute approximate surface area is 181 Å². The minimum absolute atomic E-state index is 0.0196. The average Bonchev–Trinajstić information content (AvgIpc) is 3.14. The van der Waals surface area contributed by atoms with Crippen molar-refractivity contribution in [2.24, 2.45) is 17.3 Å². The van der Waals surface area contributed by atoms with Crippen LogP contribution >= 0.6 is 11.3 Å². The Kier molecular flexibility index (Phi) is 4.73. The highest BCUT2D eigenvalue weighted by atomic mass is 32.1. The van der Waals surface area contributed by atoms with Gasteiger partial charge in [0.15, 0.2) is 5.13 Å². The molecule has 6 rings (SSSR count). The lowest BCUT2D eigenvalue weighted by molar-refractivity contribution is -0.148. The van der Waals surface area contributed by atoms with E-state index in [2.05, 4.69) is 46.8 Å². The lowest BCUT2D eigenvalue weighted by Crippen LogP contribution is -2.65. The van der Waals surface area contributed by atoms with Gasteiger partial charge in [-0.1, -0.05) is 31.2 Å². The molecular formula is C24H29N3O2S. The van der Waals surface area contributed by atoms with Gasteiger partial charge >= 0.3 is 0 Å². The molecule has 30 heavy (non-hydrogen) atoms. The Morgan fingerprint density at radius 1 is 1.13 bits per heavy atom. The van der Waals surface area contributed by atoms with E-state index < -0.39 is 0 Å². The van der Waals surface area contributed by atoms with Crippen LogP contribution in [0, 0.1) is 17.3 Å². The molecule has 2 unspecified atom stereocenters.